The number of methoxy groups -OCH3 is 1. The highest BCUT2D eigenvalue weighted by Gasteiger charge is 2.23. The molecule has 0 bridgehead atoms. The fraction of sp³-hybridized carbons (Fsp3) is 0.588. The predicted molar refractivity (Wildman–Crippen MR) is 84.0 cm³/mol. The van der Waals surface area contributed by atoms with E-state index in [9.17, 15) is 4.79 Å². The fourth-order valence-electron chi connectivity index (χ4n) is 3.06. The summed E-state index contributed by atoms with van der Waals surface area (Å²) < 4.78 is 4.89. The van der Waals surface area contributed by atoms with Crippen LogP contribution in [0.3, 0.4) is 0 Å². The third-order valence-electron chi connectivity index (χ3n) is 4.37. The summed E-state index contributed by atoms with van der Waals surface area (Å²) >= 11 is 0. The minimum Gasteiger partial charge on any atom is -0.383 e. The van der Waals surface area contributed by atoms with Gasteiger partial charge in [-0.1, -0.05) is 30.3 Å². The average Bonchev–Trinajstić information content (AvgIpc) is 2.54. The van der Waals surface area contributed by atoms with Crippen molar-refractivity contribution in [3.05, 3.63) is 35.9 Å². The molecule has 0 saturated heterocycles. The molecule has 0 spiro atoms. The predicted octanol–water partition coefficient (Wildman–Crippen LogP) is 2.05. The molecule has 4 heteroatoms. The van der Waals surface area contributed by atoms with Crippen molar-refractivity contribution < 1.29 is 9.53 Å². The van der Waals surface area contributed by atoms with Gasteiger partial charge in [0.2, 0.25) is 5.91 Å². The van der Waals surface area contributed by atoms with Gasteiger partial charge >= 0.3 is 0 Å². The van der Waals surface area contributed by atoms with E-state index in [2.05, 4.69) is 35.6 Å². The zero-order valence-electron chi connectivity index (χ0n) is 12.8. The minimum atomic E-state index is -0.560. The molecule has 1 atom stereocenters. The lowest BCUT2D eigenvalue weighted by atomic mass is 9.78. The molecule has 1 unspecified atom stereocenters. The first-order chi connectivity index (χ1) is 10.2. The Morgan fingerprint density at radius 2 is 1.95 bits per heavy atom. The van der Waals surface area contributed by atoms with Crippen LogP contribution in [0.15, 0.2) is 30.3 Å². The van der Waals surface area contributed by atoms with E-state index in [1.165, 1.54) is 31.2 Å². The Balaban J connectivity index is 1.71. The SMILES string of the molecule is COCC(N)C(=O)NCC1CCC(c2ccccc2)CC1. The van der Waals surface area contributed by atoms with Crippen LogP contribution < -0.4 is 11.1 Å². The van der Waals surface area contributed by atoms with Crippen molar-refractivity contribution in [2.75, 3.05) is 20.3 Å². The number of rotatable bonds is 6. The highest BCUT2D eigenvalue weighted by Crippen LogP contribution is 2.35. The van der Waals surface area contributed by atoms with Gasteiger partial charge in [-0.15, -0.1) is 0 Å². The van der Waals surface area contributed by atoms with Crippen LogP contribution in [0.25, 0.3) is 0 Å². The van der Waals surface area contributed by atoms with Crippen molar-refractivity contribution in [3.8, 4) is 0 Å². The van der Waals surface area contributed by atoms with Crippen molar-refractivity contribution in [2.45, 2.75) is 37.6 Å². The van der Waals surface area contributed by atoms with E-state index in [-0.39, 0.29) is 12.5 Å². The van der Waals surface area contributed by atoms with Crippen LogP contribution in [0.2, 0.25) is 0 Å². The molecular formula is C17H26N2O2. The molecular weight excluding hydrogens is 264 g/mol. The Morgan fingerprint density at radius 3 is 2.57 bits per heavy atom. The molecule has 1 saturated carbocycles. The average molecular weight is 290 g/mol. The molecule has 4 nitrogen and oxygen atoms in total. The van der Waals surface area contributed by atoms with Gasteiger partial charge in [-0.25, -0.2) is 0 Å². The van der Waals surface area contributed by atoms with Gasteiger partial charge in [-0.2, -0.15) is 0 Å². The molecule has 0 radical (unpaired) electrons. The highest BCUT2D eigenvalue weighted by molar-refractivity contribution is 5.81. The number of hydrogen-bond donors (Lipinski definition) is 2. The molecule has 1 fully saturated rings. The van der Waals surface area contributed by atoms with Crippen molar-refractivity contribution in [1.82, 2.24) is 5.32 Å². The molecule has 0 aliphatic heterocycles. The van der Waals surface area contributed by atoms with Gasteiger partial charge < -0.3 is 15.8 Å². The fourth-order valence-corrected chi connectivity index (χ4v) is 3.06. The lowest BCUT2D eigenvalue weighted by molar-refractivity contribution is -0.123. The monoisotopic (exact) mass is 290 g/mol. The summed E-state index contributed by atoms with van der Waals surface area (Å²) in [4.78, 5) is 11.7. The van der Waals surface area contributed by atoms with E-state index in [4.69, 9.17) is 10.5 Å². The quantitative estimate of drug-likeness (QED) is 0.843. The number of benzene rings is 1. The van der Waals surface area contributed by atoms with Crippen molar-refractivity contribution in [3.63, 3.8) is 0 Å². The first-order valence-corrected chi connectivity index (χ1v) is 7.78. The molecule has 1 aliphatic rings. The summed E-state index contributed by atoms with van der Waals surface area (Å²) in [5.41, 5.74) is 7.15. The summed E-state index contributed by atoms with van der Waals surface area (Å²) in [6.07, 6.45) is 4.74. The van der Waals surface area contributed by atoms with E-state index in [0.29, 0.717) is 11.8 Å². The second-order valence-electron chi connectivity index (χ2n) is 5.94. The van der Waals surface area contributed by atoms with E-state index in [0.717, 1.165) is 6.54 Å². The van der Waals surface area contributed by atoms with Crippen molar-refractivity contribution >= 4 is 5.91 Å². The number of ether oxygens (including phenoxy) is 1. The van der Waals surface area contributed by atoms with Crippen LogP contribution in [0.5, 0.6) is 0 Å². The van der Waals surface area contributed by atoms with Gasteiger partial charge in [0.25, 0.3) is 0 Å². The first-order valence-electron chi connectivity index (χ1n) is 7.78. The van der Waals surface area contributed by atoms with Gasteiger partial charge in [0.15, 0.2) is 0 Å². The van der Waals surface area contributed by atoms with E-state index < -0.39 is 6.04 Å². The molecule has 2 rings (SSSR count). The minimum absolute atomic E-state index is 0.109. The number of carbonyl (C=O) groups excluding carboxylic acids is 1. The number of hydrogen-bond acceptors (Lipinski definition) is 3. The number of carbonyl (C=O) groups is 1. The number of nitrogens with two attached hydrogens (primary N) is 1. The number of nitrogens with one attached hydrogen (secondary N) is 1. The van der Waals surface area contributed by atoms with Crippen LogP contribution in [0.4, 0.5) is 0 Å². The maximum atomic E-state index is 11.7. The molecule has 1 aromatic carbocycles. The zero-order valence-corrected chi connectivity index (χ0v) is 12.8. The topological polar surface area (TPSA) is 64.3 Å². The maximum absolute atomic E-state index is 11.7. The summed E-state index contributed by atoms with van der Waals surface area (Å²) in [5.74, 6) is 1.14. The molecule has 21 heavy (non-hydrogen) atoms. The Hall–Kier alpha value is -1.39. The van der Waals surface area contributed by atoms with Crippen LogP contribution in [-0.2, 0) is 9.53 Å². The van der Waals surface area contributed by atoms with Crippen LogP contribution in [-0.4, -0.2) is 32.2 Å². The van der Waals surface area contributed by atoms with E-state index in [1.807, 2.05) is 0 Å². The molecule has 0 aromatic heterocycles. The first kappa shape index (κ1) is 16.0. The summed E-state index contributed by atoms with van der Waals surface area (Å²) in [6, 6.07) is 10.2. The normalized spacial score (nSPS) is 23.5. The summed E-state index contributed by atoms with van der Waals surface area (Å²) in [6.45, 7) is 1.00. The standard InChI is InChI=1S/C17H26N2O2/c1-21-12-16(18)17(20)19-11-13-7-9-15(10-8-13)14-5-3-2-4-6-14/h2-6,13,15-16H,7-12,18H2,1H3,(H,19,20). The molecule has 3 N–H and O–H groups in total. The molecule has 1 amide bonds. The third-order valence-corrected chi connectivity index (χ3v) is 4.37. The second-order valence-corrected chi connectivity index (χ2v) is 5.94. The largest absolute Gasteiger partial charge is 0.383 e. The Kier molecular flexibility index (Phi) is 6.21. The maximum Gasteiger partial charge on any atom is 0.239 e. The molecule has 116 valence electrons. The lowest BCUT2D eigenvalue weighted by Gasteiger charge is -2.29. The Labute approximate surface area is 127 Å². The third kappa shape index (κ3) is 4.83. The number of amides is 1. The summed E-state index contributed by atoms with van der Waals surface area (Å²) in [5, 5.41) is 2.95. The van der Waals surface area contributed by atoms with Crippen molar-refractivity contribution in [2.24, 2.45) is 11.7 Å². The van der Waals surface area contributed by atoms with E-state index in [1.54, 1.807) is 7.11 Å². The second kappa shape index (κ2) is 8.15. The van der Waals surface area contributed by atoms with Gasteiger partial charge in [-0.05, 0) is 43.1 Å². The Morgan fingerprint density at radius 1 is 1.29 bits per heavy atom. The smallest absolute Gasteiger partial charge is 0.239 e. The zero-order chi connectivity index (χ0) is 15.1. The molecule has 0 heterocycles. The van der Waals surface area contributed by atoms with Crippen molar-refractivity contribution in [1.29, 1.82) is 0 Å². The van der Waals surface area contributed by atoms with Gasteiger partial charge in [0.05, 0.1) is 6.61 Å². The van der Waals surface area contributed by atoms with Gasteiger partial charge in [-0.3, -0.25) is 4.79 Å². The van der Waals surface area contributed by atoms with Crippen LogP contribution in [0, 0.1) is 5.92 Å². The highest BCUT2D eigenvalue weighted by atomic mass is 16.5. The molecule has 1 aromatic rings. The molecule has 1 aliphatic carbocycles. The van der Waals surface area contributed by atoms with Gasteiger partial charge in [0, 0.05) is 13.7 Å². The van der Waals surface area contributed by atoms with Crippen LogP contribution >= 0.6 is 0 Å². The summed E-state index contributed by atoms with van der Waals surface area (Å²) in [7, 11) is 1.55. The van der Waals surface area contributed by atoms with Crippen LogP contribution in [0.1, 0.15) is 37.2 Å². The lowest BCUT2D eigenvalue weighted by Crippen LogP contribution is -2.45. The van der Waals surface area contributed by atoms with E-state index >= 15 is 0 Å². The van der Waals surface area contributed by atoms with Gasteiger partial charge in [0.1, 0.15) is 6.04 Å². The Bertz CT molecular complexity index is 428.